The summed E-state index contributed by atoms with van der Waals surface area (Å²) in [7, 11) is 0. The Balaban J connectivity index is 2.47. The predicted octanol–water partition coefficient (Wildman–Crippen LogP) is 3.85. The van der Waals surface area contributed by atoms with Crippen LogP contribution in [-0.2, 0) is 0 Å². The number of halogens is 2. The Morgan fingerprint density at radius 1 is 1.35 bits per heavy atom. The number of rotatable bonds is 2. The second-order valence-corrected chi connectivity index (χ2v) is 4.86. The largest absolute Gasteiger partial charge is 0.464 e. The number of nitrogens with two attached hydrogens (primary N) is 1. The molecule has 0 spiro atoms. The van der Waals surface area contributed by atoms with E-state index >= 15 is 0 Å². The first-order valence-electron chi connectivity index (χ1n) is 5.27. The van der Waals surface area contributed by atoms with Gasteiger partial charge in [0.05, 0.1) is 6.04 Å². The lowest BCUT2D eigenvalue weighted by molar-refractivity contribution is 0.457. The van der Waals surface area contributed by atoms with Crippen LogP contribution in [0.25, 0.3) is 0 Å². The van der Waals surface area contributed by atoms with Crippen molar-refractivity contribution in [1.82, 2.24) is 0 Å². The summed E-state index contributed by atoms with van der Waals surface area (Å²) in [5.74, 6) is 1.05. The van der Waals surface area contributed by atoms with Crippen LogP contribution in [-0.4, -0.2) is 0 Å². The van der Waals surface area contributed by atoms with Gasteiger partial charge < -0.3 is 10.2 Å². The van der Waals surface area contributed by atoms with Gasteiger partial charge in [0.15, 0.2) is 0 Å². The molecule has 0 fully saturated rings. The van der Waals surface area contributed by atoms with Crippen LogP contribution in [0.1, 0.15) is 28.7 Å². The molecule has 2 aromatic rings. The first-order chi connectivity index (χ1) is 8.00. The van der Waals surface area contributed by atoms with E-state index in [1.165, 1.54) is 6.07 Å². The molecular formula is C13H13BrFNO. The highest BCUT2D eigenvalue weighted by Gasteiger charge is 2.20. The zero-order valence-electron chi connectivity index (χ0n) is 9.63. The van der Waals surface area contributed by atoms with Crippen molar-refractivity contribution in [1.29, 1.82) is 0 Å². The van der Waals surface area contributed by atoms with E-state index in [1.54, 1.807) is 12.1 Å². The molecule has 1 unspecified atom stereocenters. The van der Waals surface area contributed by atoms with Gasteiger partial charge in [-0.25, -0.2) is 4.39 Å². The molecule has 0 aliphatic carbocycles. The van der Waals surface area contributed by atoms with Gasteiger partial charge in [-0.2, -0.15) is 0 Å². The average molecular weight is 298 g/mol. The summed E-state index contributed by atoms with van der Waals surface area (Å²) in [4.78, 5) is 0. The SMILES string of the molecule is Cc1cc(C(N)c2c(F)cccc2Br)oc1C. The van der Waals surface area contributed by atoms with Crippen molar-refractivity contribution in [3.8, 4) is 0 Å². The van der Waals surface area contributed by atoms with Gasteiger partial charge in [-0.1, -0.05) is 22.0 Å². The normalized spacial score (nSPS) is 12.8. The van der Waals surface area contributed by atoms with E-state index in [4.69, 9.17) is 10.2 Å². The van der Waals surface area contributed by atoms with Crippen LogP contribution in [0.15, 0.2) is 33.2 Å². The van der Waals surface area contributed by atoms with Crippen molar-refractivity contribution in [3.63, 3.8) is 0 Å². The van der Waals surface area contributed by atoms with Gasteiger partial charge in [-0.15, -0.1) is 0 Å². The summed E-state index contributed by atoms with van der Waals surface area (Å²) >= 11 is 3.31. The summed E-state index contributed by atoms with van der Waals surface area (Å²) in [5.41, 5.74) is 7.47. The minimum Gasteiger partial charge on any atom is -0.464 e. The van der Waals surface area contributed by atoms with Crippen molar-refractivity contribution in [2.45, 2.75) is 19.9 Å². The van der Waals surface area contributed by atoms with Crippen molar-refractivity contribution in [2.75, 3.05) is 0 Å². The molecule has 1 atom stereocenters. The highest BCUT2D eigenvalue weighted by molar-refractivity contribution is 9.10. The minimum absolute atomic E-state index is 0.335. The third-order valence-electron chi connectivity index (χ3n) is 2.80. The van der Waals surface area contributed by atoms with Crippen LogP contribution in [0.4, 0.5) is 4.39 Å². The van der Waals surface area contributed by atoms with E-state index in [1.807, 2.05) is 19.9 Å². The van der Waals surface area contributed by atoms with Gasteiger partial charge >= 0.3 is 0 Å². The van der Waals surface area contributed by atoms with E-state index in [-0.39, 0.29) is 5.82 Å². The fourth-order valence-electron chi connectivity index (χ4n) is 1.71. The summed E-state index contributed by atoms with van der Waals surface area (Å²) in [5, 5.41) is 0. The zero-order valence-corrected chi connectivity index (χ0v) is 11.2. The molecule has 1 aromatic heterocycles. The molecular weight excluding hydrogens is 285 g/mol. The third-order valence-corrected chi connectivity index (χ3v) is 3.49. The molecule has 0 bridgehead atoms. The quantitative estimate of drug-likeness (QED) is 0.914. The molecule has 2 N–H and O–H groups in total. The summed E-state index contributed by atoms with van der Waals surface area (Å²) in [6.07, 6.45) is 0. The Labute approximate surface area is 108 Å². The second kappa shape index (κ2) is 4.63. The van der Waals surface area contributed by atoms with E-state index in [0.29, 0.717) is 15.8 Å². The summed E-state index contributed by atoms with van der Waals surface area (Å²) in [6, 6.07) is 6.04. The fourth-order valence-corrected chi connectivity index (χ4v) is 2.29. The van der Waals surface area contributed by atoms with Crippen molar-refractivity contribution < 1.29 is 8.81 Å². The maximum absolute atomic E-state index is 13.7. The molecule has 17 heavy (non-hydrogen) atoms. The minimum atomic E-state index is -0.599. The molecule has 2 nitrogen and oxygen atoms in total. The van der Waals surface area contributed by atoms with Gasteiger partial charge in [-0.3, -0.25) is 0 Å². The van der Waals surface area contributed by atoms with Crippen molar-refractivity contribution in [3.05, 3.63) is 57.2 Å². The van der Waals surface area contributed by atoms with Crippen LogP contribution in [0, 0.1) is 19.7 Å². The molecule has 0 aliphatic heterocycles. The molecule has 90 valence electrons. The molecule has 1 aromatic carbocycles. The Morgan fingerprint density at radius 2 is 2.06 bits per heavy atom. The van der Waals surface area contributed by atoms with Gasteiger partial charge in [0, 0.05) is 10.0 Å². The molecule has 4 heteroatoms. The predicted molar refractivity (Wildman–Crippen MR) is 68.3 cm³/mol. The first kappa shape index (κ1) is 12.3. The lowest BCUT2D eigenvalue weighted by Crippen LogP contribution is -2.13. The lowest BCUT2D eigenvalue weighted by atomic mass is 10.0. The van der Waals surface area contributed by atoms with Crippen LogP contribution < -0.4 is 5.73 Å². The second-order valence-electron chi connectivity index (χ2n) is 4.00. The number of furan rings is 1. The third kappa shape index (κ3) is 2.28. The molecule has 0 amide bonds. The van der Waals surface area contributed by atoms with E-state index in [0.717, 1.165) is 11.3 Å². The number of benzene rings is 1. The Morgan fingerprint density at radius 3 is 2.59 bits per heavy atom. The molecule has 0 aliphatic rings. The summed E-state index contributed by atoms with van der Waals surface area (Å²) in [6.45, 7) is 3.80. The Bertz CT molecular complexity index is 511. The number of aryl methyl sites for hydroxylation is 2. The van der Waals surface area contributed by atoms with Crippen LogP contribution >= 0.6 is 15.9 Å². The van der Waals surface area contributed by atoms with Crippen LogP contribution in [0.2, 0.25) is 0 Å². The monoisotopic (exact) mass is 297 g/mol. The van der Waals surface area contributed by atoms with Crippen LogP contribution in [0.5, 0.6) is 0 Å². The number of hydrogen-bond donors (Lipinski definition) is 1. The topological polar surface area (TPSA) is 39.2 Å². The zero-order chi connectivity index (χ0) is 12.6. The van der Waals surface area contributed by atoms with Gasteiger partial charge in [0.2, 0.25) is 0 Å². The van der Waals surface area contributed by atoms with Crippen LogP contribution in [0.3, 0.4) is 0 Å². The fraction of sp³-hybridized carbons (Fsp3) is 0.231. The van der Waals surface area contributed by atoms with Gasteiger partial charge in [0.25, 0.3) is 0 Å². The summed E-state index contributed by atoms with van der Waals surface area (Å²) < 4.78 is 19.9. The Hall–Kier alpha value is -1.13. The standard InChI is InChI=1S/C13H13BrFNO/c1-7-6-11(17-8(7)2)13(16)12-9(14)4-3-5-10(12)15/h3-6,13H,16H2,1-2H3. The smallest absolute Gasteiger partial charge is 0.129 e. The molecule has 2 rings (SSSR count). The number of hydrogen-bond acceptors (Lipinski definition) is 2. The average Bonchev–Trinajstić information content (AvgIpc) is 2.59. The first-order valence-corrected chi connectivity index (χ1v) is 6.06. The van der Waals surface area contributed by atoms with Crippen molar-refractivity contribution >= 4 is 15.9 Å². The maximum atomic E-state index is 13.7. The van der Waals surface area contributed by atoms with Crippen molar-refractivity contribution in [2.24, 2.45) is 5.73 Å². The van der Waals surface area contributed by atoms with Gasteiger partial charge in [-0.05, 0) is 37.6 Å². The van der Waals surface area contributed by atoms with E-state index < -0.39 is 6.04 Å². The molecule has 1 heterocycles. The molecule has 0 saturated carbocycles. The van der Waals surface area contributed by atoms with Gasteiger partial charge in [0.1, 0.15) is 17.3 Å². The lowest BCUT2D eigenvalue weighted by Gasteiger charge is -2.12. The highest BCUT2D eigenvalue weighted by atomic mass is 79.9. The Kier molecular flexibility index (Phi) is 3.35. The molecule has 0 saturated heterocycles. The highest BCUT2D eigenvalue weighted by Crippen LogP contribution is 2.30. The molecule has 0 radical (unpaired) electrons. The van der Waals surface area contributed by atoms with E-state index in [9.17, 15) is 4.39 Å². The van der Waals surface area contributed by atoms with E-state index in [2.05, 4.69) is 15.9 Å². The maximum Gasteiger partial charge on any atom is 0.129 e.